The molecule has 1 aromatic heterocycles. The molecule has 1 amide bonds. The van der Waals surface area contributed by atoms with Crippen molar-refractivity contribution in [3.63, 3.8) is 0 Å². The van der Waals surface area contributed by atoms with Crippen LogP contribution in [0, 0.1) is 13.8 Å². The van der Waals surface area contributed by atoms with E-state index in [-0.39, 0.29) is 11.9 Å². The van der Waals surface area contributed by atoms with E-state index in [4.69, 9.17) is 14.7 Å². The number of nitrogens with zero attached hydrogens (tertiary/aromatic N) is 4. The standard InChI is InChI=1S/C25H35N5O2/c1-17-13-18(2)15-20(14-17)32-12-9-26-24-21-8-11-29(4)16-22(21)27-25(28-24)23-7-5-6-10-30(23)19(3)31/h13-15,23H,5-12,16H2,1-4H3,(H,26,27,28). The molecule has 4 rings (SSSR count). The highest BCUT2D eigenvalue weighted by Crippen LogP contribution is 2.32. The number of hydrogen-bond donors (Lipinski definition) is 1. The summed E-state index contributed by atoms with van der Waals surface area (Å²) in [5.74, 6) is 2.67. The maximum atomic E-state index is 12.2. The Morgan fingerprint density at radius 2 is 1.94 bits per heavy atom. The second-order valence-corrected chi connectivity index (χ2v) is 9.17. The zero-order chi connectivity index (χ0) is 22.7. The van der Waals surface area contributed by atoms with Gasteiger partial charge in [-0.25, -0.2) is 9.97 Å². The van der Waals surface area contributed by atoms with Gasteiger partial charge in [0.05, 0.1) is 18.3 Å². The van der Waals surface area contributed by atoms with Crippen molar-refractivity contribution in [1.29, 1.82) is 0 Å². The minimum atomic E-state index is -0.0362. The SMILES string of the molecule is CC(=O)N1CCCCC1c1nc2c(c(NCCOc3cc(C)cc(C)c3)n1)CCN(C)C2. The van der Waals surface area contributed by atoms with Crippen LogP contribution < -0.4 is 10.1 Å². The van der Waals surface area contributed by atoms with Gasteiger partial charge in [0.25, 0.3) is 0 Å². The molecule has 2 aliphatic rings. The van der Waals surface area contributed by atoms with E-state index < -0.39 is 0 Å². The Kier molecular flexibility index (Phi) is 6.94. The van der Waals surface area contributed by atoms with Crippen molar-refractivity contribution in [2.24, 2.45) is 0 Å². The summed E-state index contributed by atoms with van der Waals surface area (Å²) in [5.41, 5.74) is 4.68. The minimum absolute atomic E-state index is 0.0362. The Morgan fingerprint density at radius 1 is 1.16 bits per heavy atom. The van der Waals surface area contributed by atoms with Crippen molar-refractivity contribution in [2.45, 2.75) is 59.0 Å². The van der Waals surface area contributed by atoms with Crippen LogP contribution in [0.25, 0.3) is 0 Å². The summed E-state index contributed by atoms with van der Waals surface area (Å²) in [4.78, 5) is 26.4. The van der Waals surface area contributed by atoms with Gasteiger partial charge >= 0.3 is 0 Å². The number of aromatic nitrogens is 2. The van der Waals surface area contributed by atoms with Crippen LogP contribution in [0.2, 0.25) is 0 Å². The second kappa shape index (κ2) is 9.86. The first-order valence-corrected chi connectivity index (χ1v) is 11.7. The van der Waals surface area contributed by atoms with Gasteiger partial charge in [0.1, 0.15) is 18.2 Å². The first-order chi connectivity index (χ1) is 15.4. The van der Waals surface area contributed by atoms with Gasteiger partial charge in [0.2, 0.25) is 5.91 Å². The average molecular weight is 438 g/mol. The zero-order valence-corrected chi connectivity index (χ0v) is 19.8. The Morgan fingerprint density at radius 3 is 2.69 bits per heavy atom. The van der Waals surface area contributed by atoms with Crippen LogP contribution in [0.4, 0.5) is 5.82 Å². The number of anilines is 1. The molecule has 0 bridgehead atoms. The van der Waals surface area contributed by atoms with Crippen LogP contribution in [0.15, 0.2) is 18.2 Å². The maximum absolute atomic E-state index is 12.2. The number of likely N-dealkylation sites (tertiary alicyclic amines) is 1. The molecule has 32 heavy (non-hydrogen) atoms. The molecular formula is C25H35N5O2. The summed E-state index contributed by atoms with van der Waals surface area (Å²) < 4.78 is 5.98. The molecule has 7 heteroatoms. The lowest BCUT2D eigenvalue weighted by Crippen LogP contribution is -2.38. The van der Waals surface area contributed by atoms with E-state index in [2.05, 4.69) is 49.3 Å². The molecule has 1 N–H and O–H groups in total. The third kappa shape index (κ3) is 5.21. The Bertz CT molecular complexity index is 957. The number of nitrogens with one attached hydrogen (secondary N) is 1. The van der Waals surface area contributed by atoms with Gasteiger partial charge in [-0.3, -0.25) is 4.79 Å². The van der Waals surface area contributed by atoms with Crippen molar-refractivity contribution in [3.8, 4) is 5.75 Å². The fourth-order valence-corrected chi connectivity index (χ4v) is 4.81. The number of amides is 1. The number of carbonyl (C=O) groups excluding carboxylic acids is 1. The van der Waals surface area contributed by atoms with Crippen molar-refractivity contribution < 1.29 is 9.53 Å². The fourth-order valence-electron chi connectivity index (χ4n) is 4.81. The number of ether oxygens (including phenoxy) is 1. The van der Waals surface area contributed by atoms with Crippen molar-refractivity contribution >= 4 is 11.7 Å². The van der Waals surface area contributed by atoms with E-state index in [9.17, 15) is 4.79 Å². The lowest BCUT2D eigenvalue weighted by Gasteiger charge is -2.35. The van der Waals surface area contributed by atoms with E-state index in [1.807, 2.05) is 4.90 Å². The molecule has 0 radical (unpaired) electrons. The highest BCUT2D eigenvalue weighted by atomic mass is 16.5. The van der Waals surface area contributed by atoms with Crippen molar-refractivity contribution in [1.82, 2.24) is 19.8 Å². The number of aryl methyl sites for hydroxylation is 2. The maximum Gasteiger partial charge on any atom is 0.220 e. The molecule has 1 aromatic carbocycles. The first kappa shape index (κ1) is 22.5. The van der Waals surface area contributed by atoms with Crippen LogP contribution in [-0.4, -0.2) is 59.0 Å². The van der Waals surface area contributed by atoms with Crippen LogP contribution in [0.1, 0.15) is 60.4 Å². The zero-order valence-electron chi connectivity index (χ0n) is 19.8. The molecule has 3 heterocycles. The molecule has 2 aromatic rings. The summed E-state index contributed by atoms with van der Waals surface area (Å²) in [5, 5.41) is 3.51. The Labute approximate surface area is 191 Å². The van der Waals surface area contributed by atoms with Crippen molar-refractivity contribution in [2.75, 3.05) is 38.6 Å². The number of piperidine rings is 1. The molecule has 1 saturated heterocycles. The third-order valence-corrected chi connectivity index (χ3v) is 6.34. The number of fused-ring (bicyclic) bond motifs is 1. The van der Waals surface area contributed by atoms with Gasteiger partial charge in [-0.1, -0.05) is 6.07 Å². The minimum Gasteiger partial charge on any atom is -0.492 e. The van der Waals surface area contributed by atoms with Crippen LogP contribution >= 0.6 is 0 Å². The highest BCUT2D eigenvalue weighted by Gasteiger charge is 2.30. The van der Waals surface area contributed by atoms with Gasteiger partial charge in [-0.2, -0.15) is 0 Å². The molecule has 0 saturated carbocycles. The van der Waals surface area contributed by atoms with Gasteiger partial charge in [-0.05, 0) is 69.8 Å². The Hall–Kier alpha value is -2.67. The van der Waals surface area contributed by atoms with Crippen molar-refractivity contribution in [3.05, 3.63) is 46.4 Å². The normalized spacial score (nSPS) is 18.9. The lowest BCUT2D eigenvalue weighted by molar-refractivity contribution is -0.132. The molecule has 0 aliphatic carbocycles. The van der Waals surface area contributed by atoms with E-state index >= 15 is 0 Å². The van der Waals surface area contributed by atoms with Gasteiger partial charge in [-0.15, -0.1) is 0 Å². The third-order valence-electron chi connectivity index (χ3n) is 6.34. The molecular weight excluding hydrogens is 402 g/mol. The van der Waals surface area contributed by atoms with Crippen LogP contribution in [0.5, 0.6) is 5.75 Å². The van der Waals surface area contributed by atoms with Crippen LogP contribution in [-0.2, 0) is 17.8 Å². The van der Waals surface area contributed by atoms with Gasteiger partial charge in [0.15, 0.2) is 5.82 Å². The molecule has 2 aliphatic heterocycles. The highest BCUT2D eigenvalue weighted by molar-refractivity contribution is 5.73. The Balaban J connectivity index is 1.52. The first-order valence-electron chi connectivity index (χ1n) is 11.7. The second-order valence-electron chi connectivity index (χ2n) is 9.17. The molecule has 1 atom stereocenters. The summed E-state index contributed by atoms with van der Waals surface area (Å²) in [6, 6.07) is 6.23. The summed E-state index contributed by atoms with van der Waals surface area (Å²) in [6.45, 7) is 9.62. The van der Waals surface area contributed by atoms with Gasteiger partial charge in [0, 0.05) is 32.1 Å². The number of carbonyl (C=O) groups is 1. The monoisotopic (exact) mass is 437 g/mol. The lowest BCUT2D eigenvalue weighted by atomic mass is 10.00. The van der Waals surface area contributed by atoms with E-state index in [0.29, 0.717) is 13.2 Å². The molecule has 172 valence electrons. The van der Waals surface area contributed by atoms with E-state index in [1.54, 1.807) is 6.92 Å². The molecule has 7 nitrogen and oxygen atoms in total. The number of likely N-dealkylation sites (N-methyl/N-ethyl adjacent to an activating group) is 1. The largest absolute Gasteiger partial charge is 0.492 e. The smallest absolute Gasteiger partial charge is 0.220 e. The van der Waals surface area contributed by atoms with Crippen LogP contribution in [0.3, 0.4) is 0 Å². The number of rotatable bonds is 6. The summed E-state index contributed by atoms with van der Waals surface area (Å²) >= 11 is 0. The summed E-state index contributed by atoms with van der Waals surface area (Å²) in [6.07, 6.45) is 3.99. The van der Waals surface area contributed by atoms with E-state index in [1.165, 1.54) is 16.7 Å². The summed E-state index contributed by atoms with van der Waals surface area (Å²) in [7, 11) is 2.12. The van der Waals surface area contributed by atoms with Gasteiger partial charge < -0.3 is 19.9 Å². The topological polar surface area (TPSA) is 70.6 Å². The predicted octanol–water partition coefficient (Wildman–Crippen LogP) is 3.65. The number of hydrogen-bond acceptors (Lipinski definition) is 6. The fraction of sp³-hybridized carbons (Fsp3) is 0.560. The van der Waals surface area contributed by atoms with E-state index in [0.717, 1.165) is 68.4 Å². The quantitative estimate of drug-likeness (QED) is 0.696. The molecule has 1 unspecified atom stereocenters. The average Bonchev–Trinajstić information content (AvgIpc) is 2.75. The predicted molar refractivity (Wildman–Crippen MR) is 126 cm³/mol. The number of benzene rings is 1. The molecule has 0 spiro atoms. The molecule has 1 fully saturated rings.